The molecule has 24 heavy (non-hydrogen) atoms. The van der Waals surface area contributed by atoms with Crippen LogP contribution in [0.15, 0.2) is 34.9 Å². The summed E-state index contributed by atoms with van der Waals surface area (Å²) in [5.74, 6) is 0.989. The molecule has 1 saturated heterocycles. The molecule has 6 heteroatoms. The molecule has 1 atom stereocenters. The smallest absolute Gasteiger partial charge is 0.237 e. The number of benzene rings is 1. The summed E-state index contributed by atoms with van der Waals surface area (Å²) in [4.78, 5) is 20.4. The van der Waals surface area contributed by atoms with E-state index in [9.17, 15) is 9.18 Å². The number of amides is 1. The molecule has 1 aromatic heterocycles. The van der Waals surface area contributed by atoms with Gasteiger partial charge < -0.3 is 14.2 Å². The molecule has 5 nitrogen and oxygen atoms in total. The highest BCUT2D eigenvalue weighted by atomic mass is 19.1. The van der Waals surface area contributed by atoms with E-state index in [2.05, 4.69) is 4.98 Å². The number of aromatic nitrogens is 1. The minimum absolute atomic E-state index is 0.0800. The molecule has 0 saturated carbocycles. The van der Waals surface area contributed by atoms with Crippen molar-refractivity contribution in [2.75, 3.05) is 27.2 Å². The molecule has 0 spiro atoms. The molecular weight excluding hydrogens is 309 g/mol. The predicted molar refractivity (Wildman–Crippen MR) is 88.0 cm³/mol. The second-order valence-electron chi connectivity index (χ2n) is 6.42. The van der Waals surface area contributed by atoms with Crippen LogP contribution in [0.2, 0.25) is 0 Å². The molecule has 128 valence electrons. The normalized spacial score (nSPS) is 17.7. The molecule has 1 unspecified atom stereocenters. The quantitative estimate of drug-likeness (QED) is 0.845. The van der Waals surface area contributed by atoms with Gasteiger partial charge in [0.25, 0.3) is 0 Å². The monoisotopic (exact) mass is 331 g/mol. The Bertz CT molecular complexity index is 714. The summed E-state index contributed by atoms with van der Waals surface area (Å²) in [5, 5.41) is 0. The third-order valence-corrected chi connectivity index (χ3v) is 4.20. The first-order valence-electron chi connectivity index (χ1n) is 8.17. The van der Waals surface area contributed by atoms with Gasteiger partial charge in [0, 0.05) is 13.0 Å². The van der Waals surface area contributed by atoms with Crippen LogP contribution in [0.1, 0.15) is 36.1 Å². The van der Waals surface area contributed by atoms with Crippen LogP contribution in [-0.4, -0.2) is 47.9 Å². The van der Waals surface area contributed by atoms with Crippen molar-refractivity contribution in [1.29, 1.82) is 0 Å². The van der Waals surface area contributed by atoms with E-state index in [1.807, 2.05) is 23.9 Å². The van der Waals surface area contributed by atoms with Gasteiger partial charge in [-0.15, -0.1) is 0 Å². The molecule has 1 aliphatic rings. The number of nitrogens with zero attached hydrogens (tertiary/aromatic N) is 3. The second-order valence-corrected chi connectivity index (χ2v) is 6.42. The van der Waals surface area contributed by atoms with E-state index in [1.165, 1.54) is 6.07 Å². The molecule has 2 aromatic rings. The Morgan fingerprint density at radius 2 is 2.21 bits per heavy atom. The Labute approximate surface area is 141 Å². The number of rotatable bonds is 5. The molecule has 1 aromatic carbocycles. The fourth-order valence-corrected chi connectivity index (χ4v) is 3.07. The van der Waals surface area contributed by atoms with Crippen LogP contribution in [0, 0.1) is 5.82 Å². The predicted octanol–water partition coefficient (Wildman–Crippen LogP) is 2.63. The van der Waals surface area contributed by atoms with Crippen molar-refractivity contribution >= 4 is 5.91 Å². The fourth-order valence-electron chi connectivity index (χ4n) is 3.07. The highest BCUT2D eigenvalue weighted by molar-refractivity contribution is 5.78. The number of likely N-dealkylation sites (tertiary alicyclic amines) is 1. The highest BCUT2D eigenvalue weighted by Gasteiger charge is 2.33. The Kier molecular flexibility index (Phi) is 4.94. The summed E-state index contributed by atoms with van der Waals surface area (Å²) in [5.41, 5.74) is 0.576. The molecule has 3 rings (SSSR count). The number of carbonyl (C=O) groups excluding carboxylic acids is 1. The molecule has 0 N–H and O–H groups in total. The maximum absolute atomic E-state index is 13.8. The third-order valence-electron chi connectivity index (χ3n) is 4.20. The van der Waals surface area contributed by atoms with Gasteiger partial charge in [0.2, 0.25) is 11.8 Å². The second kappa shape index (κ2) is 7.13. The van der Waals surface area contributed by atoms with Crippen LogP contribution in [-0.2, 0) is 11.2 Å². The van der Waals surface area contributed by atoms with Crippen molar-refractivity contribution in [3.05, 3.63) is 53.5 Å². The average molecular weight is 331 g/mol. The summed E-state index contributed by atoms with van der Waals surface area (Å²) < 4.78 is 19.6. The Morgan fingerprint density at radius 1 is 1.42 bits per heavy atom. The fraction of sp³-hybridized carbons (Fsp3) is 0.444. The first kappa shape index (κ1) is 16.6. The van der Waals surface area contributed by atoms with E-state index in [-0.39, 0.29) is 17.8 Å². The summed E-state index contributed by atoms with van der Waals surface area (Å²) >= 11 is 0. The lowest BCUT2D eigenvalue weighted by molar-refractivity contribution is -0.133. The number of hydrogen-bond acceptors (Lipinski definition) is 4. The van der Waals surface area contributed by atoms with Crippen molar-refractivity contribution in [3.63, 3.8) is 0 Å². The molecule has 1 fully saturated rings. The molecular formula is C18H22FN3O2. The molecule has 0 radical (unpaired) electrons. The molecule has 0 aliphatic carbocycles. The molecule has 2 heterocycles. The van der Waals surface area contributed by atoms with E-state index >= 15 is 0 Å². The van der Waals surface area contributed by atoms with E-state index in [1.54, 1.807) is 24.4 Å². The van der Waals surface area contributed by atoms with Crippen LogP contribution in [0.4, 0.5) is 4.39 Å². The van der Waals surface area contributed by atoms with Crippen LogP contribution in [0.5, 0.6) is 0 Å². The highest BCUT2D eigenvalue weighted by Crippen LogP contribution is 2.32. The van der Waals surface area contributed by atoms with Crippen molar-refractivity contribution in [2.24, 2.45) is 0 Å². The lowest BCUT2D eigenvalue weighted by Crippen LogP contribution is -2.37. The molecule has 0 bridgehead atoms. The summed E-state index contributed by atoms with van der Waals surface area (Å²) in [6.07, 6.45) is 3.78. The first-order valence-corrected chi connectivity index (χ1v) is 8.17. The lowest BCUT2D eigenvalue weighted by Gasteiger charge is -2.23. The van der Waals surface area contributed by atoms with Crippen LogP contribution >= 0.6 is 0 Å². The lowest BCUT2D eigenvalue weighted by atomic mass is 10.1. The standard InChI is InChI=1S/C18H22FN3O2/c1-21(2)12-17(23)22-9-5-8-16(22)18-20-11-14(24-18)10-13-6-3-4-7-15(13)19/h3-4,6-7,11,16H,5,8-10,12H2,1-2H3. The minimum Gasteiger partial charge on any atom is -0.443 e. The number of hydrogen-bond donors (Lipinski definition) is 0. The summed E-state index contributed by atoms with van der Waals surface area (Å²) in [6, 6.07) is 6.52. The van der Waals surface area contributed by atoms with Gasteiger partial charge in [0.1, 0.15) is 17.6 Å². The average Bonchev–Trinajstić information content (AvgIpc) is 3.17. The van der Waals surface area contributed by atoms with Gasteiger partial charge in [-0.05, 0) is 38.6 Å². The Morgan fingerprint density at radius 3 is 2.96 bits per heavy atom. The van der Waals surface area contributed by atoms with E-state index in [0.29, 0.717) is 30.2 Å². The largest absolute Gasteiger partial charge is 0.443 e. The first-order chi connectivity index (χ1) is 11.5. The van der Waals surface area contributed by atoms with Crippen molar-refractivity contribution in [3.8, 4) is 0 Å². The van der Waals surface area contributed by atoms with Gasteiger partial charge in [0.05, 0.1) is 12.7 Å². The van der Waals surface area contributed by atoms with Crippen LogP contribution in [0.25, 0.3) is 0 Å². The maximum atomic E-state index is 13.8. The third kappa shape index (κ3) is 3.64. The topological polar surface area (TPSA) is 49.6 Å². The summed E-state index contributed by atoms with van der Waals surface area (Å²) in [7, 11) is 3.75. The van der Waals surface area contributed by atoms with Gasteiger partial charge in [-0.1, -0.05) is 18.2 Å². The van der Waals surface area contributed by atoms with Gasteiger partial charge in [-0.2, -0.15) is 0 Å². The van der Waals surface area contributed by atoms with Crippen LogP contribution in [0.3, 0.4) is 0 Å². The van der Waals surface area contributed by atoms with Gasteiger partial charge in [-0.25, -0.2) is 9.37 Å². The minimum atomic E-state index is -0.251. The van der Waals surface area contributed by atoms with Crippen molar-refractivity contribution in [1.82, 2.24) is 14.8 Å². The molecule has 1 amide bonds. The number of halogens is 1. The summed E-state index contributed by atoms with van der Waals surface area (Å²) in [6.45, 7) is 1.10. The molecule has 1 aliphatic heterocycles. The Balaban J connectivity index is 1.72. The van der Waals surface area contributed by atoms with E-state index in [0.717, 1.165) is 19.4 Å². The van der Waals surface area contributed by atoms with Gasteiger partial charge >= 0.3 is 0 Å². The zero-order chi connectivity index (χ0) is 17.1. The number of likely N-dealkylation sites (N-methyl/N-ethyl adjacent to an activating group) is 1. The van der Waals surface area contributed by atoms with Gasteiger partial charge in [0.15, 0.2) is 0 Å². The number of oxazole rings is 1. The zero-order valence-corrected chi connectivity index (χ0v) is 14.0. The zero-order valence-electron chi connectivity index (χ0n) is 14.0. The maximum Gasteiger partial charge on any atom is 0.237 e. The van der Waals surface area contributed by atoms with E-state index < -0.39 is 0 Å². The Hall–Kier alpha value is -2.21. The number of carbonyl (C=O) groups is 1. The van der Waals surface area contributed by atoms with Crippen molar-refractivity contribution in [2.45, 2.75) is 25.3 Å². The SMILES string of the molecule is CN(C)CC(=O)N1CCCC1c1ncc(Cc2ccccc2F)o1. The van der Waals surface area contributed by atoms with E-state index in [4.69, 9.17) is 4.42 Å². The van der Waals surface area contributed by atoms with Crippen LogP contribution < -0.4 is 0 Å². The van der Waals surface area contributed by atoms with Crippen molar-refractivity contribution < 1.29 is 13.6 Å². The van der Waals surface area contributed by atoms with Gasteiger partial charge in [-0.3, -0.25) is 4.79 Å².